The summed E-state index contributed by atoms with van der Waals surface area (Å²) in [5.41, 5.74) is 3.32. The van der Waals surface area contributed by atoms with Gasteiger partial charge in [0.25, 0.3) is 0 Å². The molecule has 0 aliphatic carbocycles. The first kappa shape index (κ1) is 24.4. The molecule has 2 aromatic carbocycles. The molecule has 34 heavy (non-hydrogen) atoms. The second-order valence-electron chi connectivity index (χ2n) is 8.69. The van der Waals surface area contributed by atoms with Crippen LogP contribution in [0.3, 0.4) is 0 Å². The summed E-state index contributed by atoms with van der Waals surface area (Å²) in [6, 6.07) is 15.1. The van der Waals surface area contributed by atoms with Gasteiger partial charge in [-0.2, -0.15) is 0 Å². The fraction of sp³-hybridized carbons (Fsp3) is 0.423. The standard InChI is InChI=1S/C26H32N2O6/c1-2-13-32-26(31)27-21-9-7-20(8-10-21)25-33-23(16-28-12-11-22(30)15-28)14-24(34-25)19-5-3-18(17-29)4-6-19/h2-10,22-25,29-30H,1,11-17H2,(H,27,31)/t22-,23+,24-,25-/m0/s1. The van der Waals surface area contributed by atoms with Crippen LogP contribution in [0.15, 0.2) is 61.2 Å². The molecule has 2 aliphatic heterocycles. The lowest BCUT2D eigenvalue weighted by molar-refractivity contribution is -0.252. The molecule has 8 heteroatoms. The number of rotatable bonds is 8. The van der Waals surface area contributed by atoms with Crippen LogP contribution in [0.2, 0.25) is 0 Å². The number of anilines is 1. The van der Waals surface area contributed by atoms with Crippen LogP contribution in [0.1, 0.15) is 41.9 Å². The van der Waals surface area contributed by atoms with E-state index in [4.69, 9.17) is 14.2 Å². The van der Waals surface area contributed by atoms with Crippen molar-refractivity contribution in [2.75, 3.05) is 31.6 Å². The minimum absolute atomic E-state index is 0.00102. The first-order valence-electron chi connectivity index (χ1n) is 11.6. The van der Waals surface area contributed by atoms with Crippen LogP contribution in [-0.2, 0) is 20.8 Å². The number of hydrogen-bond acceptors (Lipinski definition) is 7. The molecule has 0 unspecified atom stereocenters. The van der Waals surface area contributed by atoms with Crippen LogP contribution in [-0.4, -0.2) is 59.7 Å². The van der Waals surface area contributed by atoms with Crippen molar-refractivity contribution in [1.82, 2.24) is 4.90 Å². The Morgan fingerprint density at radius 2 is 1.88 bits per heavy atom. The number of carbonyl (C=O) groups is 1. The van der Waals surface area contributed by atoms with Gasteiger partial charge in [-0.25, -0.2) is 4.79 Å². The molecule has 0 radical (unpaired) electrons. The predicted molar refractivity (Wildman–Crippen MR) is 127 cm³/mol. The number of benzene rings is 2. The van der Waals surface area contributed by atoms with E-state index in [0.717, 1.165) is 36.2 Å². The van der Waals surface area contributed by atoms with E-state index in [0.29, 0.717) is 18.7 Å². The summed E-state index contributed by atoms with van der Waals surface area (Å²) in [6.07, 6.45) is 1.34. The zero-order valence-corrected chi connectivity index (χ0v) is 19.1. The molecular formula is C26H32N2O6. The van der Waals surface area contributed by atoms with E-state index in [9.17, 15) is 15.0 Å². The number of nitrogens with zero attached hydrogens (tertiary/aromatic N) is 1. The van der Waals surface area contributed by atoms with Crippen LogP contribution in [0.25, 0.3) is 0 Å². The lowest BCUT2D eigenvalue weighted by Crippen LogP contribution is -2.38. The number of amides is 1. The maximum Gasteiger partial charge on any atom is 0.411 e. The number of carbonyl (C=O) groups excluding carboxylic acids is 1. The first-order valence-corrected chi connectivity index (χ1v) is 11.6. The van der Waals surface area contributed by atoms with Gasteiger partial charge < -0.3 is 24.4 Å². The van der Waals surface area contributed by atoms with Gasteiger partial charge in [0.15, 0.2) is 6.29 Å². The summed E-state index contributed by atoms with van der Waals surface area (Å²) in [6.45, 7) is 5.89. The largest absolute Gasteiger partial charge is 0.445 e. The Bertz CT molecular complexity index is 949. The molecule has 0 saturated carbocycles. The van der Waals surface area contributed by atoms with Gasteiger partial charge in [-0.3, -0.25) is 10.2 Å². The van der Waals surface area contributed by atoms with Crippen LogP contribution < -0.4 is 5.32 Å². The van der Waals surface area contributed by atoms with Gasteiger partial charge in [-0.1, -0.05) is 49.1 Å². The van der Waals surface area contributed by atoms with Crippen LogP contribution >= 0.6 is 0 Å². The Kier molecular flexibility index (Phi) is 8.31. The van der Waals surface area contributed by atoms with E-state index < -0.39 is 12.4 Å². The number of nitrogens with one attached hydrogen (secondary N) is 1. The summed E-state index contributed by atoms with van der Waals surface area (Å²) in [5, 5.41) is 21.9. The third kappa shape index (κ3) is 6.43. The summed E-state index contributed by atoms with van der Waals surface area (Å²) < 4.78 is 17.6. The van der Waals surface area contributed by atoms with Gasteiger partial charge in [-0.15, -0.1) is 0 Å². The maximum atomic E-state index is 11.8. The zero-order chi connectivity index (χ0) is 23.9. The topological polar surface area (TPSA) is 100 Å². The molecular weight excluding hydrogens is 436 g/mol. The van der Waals surface area contributed by atoms with Crippen LogP contribution in [0.5, 0.6) is 0 Å². The third-order valence-electron chi connectivity index (χ3n) is 6.09. The Balaban J connectivity index is 1.47. The van der Waals surface area contributed by atoms with E-state index in [1.807, 2.05) is 36.4 Å². The van der Waals surface area contributed by atoms with Crippen molar-refractivity contribution in [1.29, 1.82) is 0 Å². The van der Waals surface area contributed by atoms with E-state index in [2.05, 4.69) is 16.8 Å². The highest BCUT2D eigenvalue weighted by atomic mass is 16.7. The summed E-state index contributed by atoms with van der Waals surface area (Å²) in [7, 11) is 0. The Morgan fingerprint density at radius 3 is 2.53 bits per heavy atom. The van der Waals surface area contributed by atoms with Gasteiger partial charge in [0.2, 0.25) is 0 Å². The molecule has 2 fully saturated rings. The molecule has 0 bridgehead atoms. The zero-order valence-electron chi connectivity index (χ0n) is 19.1. The number of β-amino-alcohol motifs (C(OH)–C–C–N with tert-alkyl or cyclic N) is 1. The number of hydrogen-bond donors (Lipinski definition) is 3. The number of likely N-dealkylation sites (tertiary alicyclic amines) is 1. The molecule has 2 saturated heterocycles. The fourth-order valence-corrected chi connectivity index (χ4v) is 4.31. The van der Waals surface area contributed by atoms with Gasteiger partial charge in [0.05, 0.1) is 24.9 Å². The molecule has 2 aliphatic rings. The lowest BCUT2D eigenvalue weighted by Gasteiger charge is -2.37. The Morgan fingerprint density at radius 1 is 1.15 bits per heavy atom. The normalized spacial score (nSPS) is 25.1. The minimum Gasteiger partial charge on any atom is -0.445 e. The second-order valence-corrected chi connectivity index (χ2v) is 8.69. The van der Waals surface area contributed by atoms with Gasteiger partial charge in [0.1, 0.15) is 6.61 Å². The third-order valence-corrected chi connectivity index (χ3v) is 6.09. The van der Waals surface area contributed by atoms with Gasteiger partial charge >= 0.3 is 6.09 Å². The van der Waals surface area contributed by atoms with Crippen molar-refractivity contribution in [3.8, 4) is 0 Å². The molecule has 0 aromatic heterocycles. The average Bonchev–Trinajstić information content (AvgIpc) is 3.27. The number of aliphatic hydroxyl groups excluding tert-OH is 2. The Hall–Kier alpha value is -2.75. The quantitative estimate of drug-likeness (QED) is 0.510. The van der Waals surface area contributed by atoms with E-state index in [-0.39, 0.29) is 31.5 Å². The maximum absolute atomic E-state index is 11.8. The molecule has 0 spiro atoms. The first-order chi connectivity index (χ1) is 16.5. The highest BCUT2D eigenvalue weighted by molar-refractivity contribution is 5.84. The fourth-order valence-electron chi connectivity index (χ4n) is 4.31. The monoisotopic (exact) mass is 468 g/mol. The molecule has 182 valence electrons. The smallest absolute Gasteiger partial charge is 0.411 e. The SMILES string of the molecule is C=CCOC(=O)Nc1ccc([C@H]2O[C@@H](CN3CC[C@H](O)C3)C[C@@H](c3ccc(CO)cc3)O2)cc1. The van der Waals surface area contributed by atoms with Crippen molar-refractivity contribution >= 4 is 11.8 Å². The molecule has 8 nitrogen and oxygen atoms in total. The summed E-state index contributed by atoms with van der Waals surface area (Å²) in [4.78, 5) is 14.0. The van der Waals surface area contributed by atoms with E-state index in [1.165, 1.54) is 6.08 Å². The highest BCUT2D eigenvalue weighted by Gasteiger charge is 2.34. The molecule has 2 heterocycles. The summed E-state index contributed by atoms with van der Waals surface area (Å²) >= 11 is 0. The van der Waals surface area contributed by atoms with Crippen molar-refractivity contribution in [3.63, 3.8) is 0 Å². The van der Waals surface area contributed by atoms with Crippen molar-refractivity contribution in [2.24, 2.45) is 0 Å². The molecule has 1 amide bonds. The van der Waals surface area contributed by atoms with Crippen LogP contribution in [0, 0.1) is 0 Å². The van der Waals surface area contributed by atoms with E-state index >= 15 is 0 Å². The molecule has 3 N–H and O–H groups in total. The van der Waals surface area contributed by atoms with Gasteiger partial charge in [0, 0.05) is 37.3 Å². The minimum atomic E-state index is -0.574. The molecule has 4 atom stereocenters. The van der Waals surface area contributed by atoms with Crippen molar-refractivity contribution < 1.29 is 29.2 Å². The average molecular weight is 469 g/mol. The second kappa shape index (κ2) is 11.6. The van der Waals surface area contributed by atoms with Crippen molar-refractivity contribution in [2.45, 2.75) is 44.1 Å². The van der Waals surface area contributed by atoms with Crippen molar-refractivity contribution in [3.05, 3.63) is 77.9 Å². The van der Waals surface area contributed by atoms with Crippen LogP contribution in [0.4, 0.5) is 10.5 Å². The molecule has 2 aromatic rings. The van der Waals surface area contributed by atoms with Gasteiger partial charge in [-0.05, 0) is 29.7 Å². The van der Waals surface area contributed by atoms with E-state index in [1.54, 1.807) is 12.1 Å². The number of ether oxygens (including phenoxy) is 3. The predicted octanol–water partition coefficient (Wildman–Crippen LogP) is 3.53. The lowest BCUT2D eigenvalue weighted by atomic mass is 9.99. The Labute approximate surface area is 199 Å². The number of aliphatic hydroxyl groups is 2. The molecule has 4 rings (SSSR count). The summed E-state index contributed by atoms with van der Waals surface area (Å²) in [5.74, 6) is 0. The highest BCUT2D eigenvalue weighted by Crippen LogP contribution is 2.38.